The van der Waals surface area contributed by atoms with Crippen LogP contribution in [0.2, 0.25) is 0 Å². The highest BCUT2D eigenvalue weighted by molar-refractivity contribution is 5.91. The first kappa shape index (κ1) is 19.4. The van der Waals surface area contributed by atoms with Crippen LogP contribution in [0.3, 0.4) is 0 Å². The number of nitrogens with one attached hydrogen (secondary N) is 1. The van der Waals surface area contributed by atoms with Gasteiger partial charge in [-0.05, 0) is 33.0 Å². The Kier molecular flexibility index (Phi) is 7.48. The molecule has 0 aromatic heterocycles. The van der Waals surface area contributed by atoms with Crippen molar-refractivity contribution in [2.45, 2.75) is 39.2 Å². The third kappa shape index (κ3) is 5.82. The van der Waals surface area contributed by atoms with Gasteiger partial charge in [-0.15, -0.1) is 0 Å². The van der Waals surface area contributed by atoms with Gasteiger partial charge in [-0.1, -0.05) is 20.3 Å². The molecule has 0 saturated carbocycles. The van der Waals surface area contributed by atoms with Crippen molar-refractivity contribution in [3.05, 3.63) is 0 Å². The molecule has 1 rings (SSSR count). The number of hydrogen-bond acceptors (Lipinski definition) is 4. The molecule has 23 heavy (non-hydrogen) atoms. The SMILES string of the molecule is CCC(C)C(NC(=O)C1CC(=O)N(CCCN(C)C)C1)C(=O)O. The number of carbonyl (C=O) groups excluding carboxylic acids is 2. The number of rotatable bonds is 9. The van der Waals surface area contributed by atoms with Crippen LogP contribution in [-0.4, -0.2) is 72.5 Å². The maximum absolute atomic E-state index is 12.3. The maximum Gasteiger partial charge on any atom is 0.326 e. The van der Waals surface area contributed by atoms with Crippen LogP contribution >= 0.6 is 0 Å². The number of carboxylic acids is 1. The van der Waals surface area contributed by atoms with Crippen molar-refractivity contribution in [2.24, 2.45) is 11.8 Å². The predicted molar refractivity (Wildman–Crippen MR) is 86.9 cm³/mol. The number of nitrogens with zero attached hydrogens (tertiary/aromatic N) is 2. The van der Waals surface area contributed by atoms with Crippen molar-refractivity contribution in [2.75, 3.05) is 33.7 Å². The molecule has 0 aromatic carbocycles. The highest BCUT2D eigenvalue weighted by Gasteiger charge is 2.36. The quantitative estimate of drug-likeness (QED) is 0.640. The molecule has 1 fully saturated rings. The normalized spacial score (nSPS) is 20.7. The fraction of sp³-hybridized carbons (Fsp3) is 0.812. The summed E-state index contributed by atoms with van der Waals surface area (Å²) in [4.78, 5) is 39.3. The third-order valence-corrected chi connectivity index (χ3v) is 4.40. The second-order valence-corrected chi connectivity index (χ2v) is 6.61. The molecule has 2 N–H and O–H groups in total. The molecule has 0 radical (unpaired) electrons. The Hall–Kier alpha value is -1.63. The Morgan fingerprint density at radius 1 is 1.43 bits per heavy atom. The zero-order valence-corrected chi connectivity index (χ0v) is 14.5. The average Bonchev–Trinajstić information content (AvgIpc) is 2.84. The predicted octanol–water partition coefficient (Wildman–Crippen LogP) is 0.402. The number of aliphatic carboxylic acids is 1. The van der Waals surface area contributed by atoms with Crippen LogP contribution < -0.4 is 5.32 Å². The van der Waals surface area contributed by atoms with E-state index < -0.39 is 17.9 Å². The lowest BCUT2D eigenvalue weighted by atomic mass is 9.98. The van der Waals surface area contributed by atoms with E-state index in [1.807, 2.05) is 25.9 Å². The summed E-state index contributed by atoms with van der Waals surface area (Å²) in [6.07, 6.45) is 1.69. The van der Waals surface area contributed by atoms with Gasteiger partial charge in [0.15, 0.2) is 0 Å². The van der Waals surface area contributed by atoms with Crippen molar-refractivity contribution >= 4 is 17.8 Å². The molecule has 0 aliphatic carbocycles. The maximum atomic E-state index is 12.3. The van der Waals surface area contributed by atoms with Crippen LogP contribution in [-0.2, 0) is 14.4 Å². The van der Waals surface area contributed by atoms with Crippen LogP contribution in [0, 0.1) is 11.8 Å². The molecule has 1 saturated heterocycles. The minimum atomic E-state index is -1.03. The number of carbonyl (C=O) groups is 3. The van der Waals surface area contributed by atoms with Gasteiger partial charge in [0.25, 0.3) is 0 Å². The number of amides is 2. The summed E-state index contributed by atoms with van der Waals surface area (Å²) < 4.78 is 0. The van der Waals surface area contributed by atoms with Crippen molar-refractivity contribution in [3.63, 3.8) is 0 Å². The molecule has 0 bridgehead atoms. The van der Waals surface area contributed by atoms with Crippen molar-refractivity contribution in [1.29, 1.82) is 0 Å². The molecule has 7 nitrogen and oxygen atoms in total. The zero-order valence-electron chi connectivity index (χ0n) is 14.5. The molecule has 0 spiro atoms. The smallest absolute Gasteiger partial charge is 0.326 e. The van der Waals surface area contributed by atoms with Gasteiger partial charge in [0.1, 0.15) is 6.04 Å². The first-order valence-electron chi connectivity index (χ1n) is 8.21. The first-order chi connectivity index (χ1) is 10.8. The van der Waals surface area contributed by atoms with Gasteiger partial charge < -0.3 is 20.2 Å². The van der Waals surface area contributed by atoms with Crippen LogP contribution in [0.1, 0.15) is 33.1 Å². The first-order valence-corrected chi connectivity index (χ1v) is 8.21. The van der Waals surface area contributed by atoms with E-state index in [0.717, 1.165) is 13.0 Å². The largest absolute Gasteiger partial charge is 0.480 e. The lowest BCUT2D eigenvalue weighted by Gasteiger charge is -2.22. The van der Waals surface area contributed by atoms with E-state index >= 15 is 0 Å². The van der Waals surface area contributed by atoms with Gasteiger partial charge in [0, 0.05) is 19.5 Å². The van der Waals surface area contributed by atoms with E-state index in [1.165, 1.54) is 0 Å². The second-order valence-electron chi connectivity index (χ2n) is 6.61. The van der Waals surface area contributed by atoms with Crippen LogP contribution in [0.5, 0.6) is 0 Å². The minimum Gasteiger partial charge on any atom is -0.480 e. The summed E-state index contributed by atoms with van der Waals surface area (Å²) in [5, 5.41) is 11.8. The topological polar surface area (TPSA) is 90.0 Å². The van der Waals surface area contributed by atoms with Crippen molar-refractivity contribution < 1.29 is 19.5 Å². The molecule has 3 atom stereocenters. The standard InChI is InChI=1S/C16H29N3O4/c1-5-11(2)14(16(22)23)17-15(21)12-9-13(20)19(10-12)8-6-7-18(3)4/h11-12,14H,5-10H2,1-4H3,(H,17,21)(H,22,23). The highest BCUT2D eigenvalue weighted by Crippen LogP contribution is 2.19. The monoisotopic (exact) mass is 327 g/mol. The zero-order chi connectivity index (χ0) is 17.6. The van der Waals surface area contributed by atoms with E-state index in [-0.39, 0.29) is 24.2 Å². The van der Waals surface area contributed by atoms with E-state index in [1.54, 1.807) is 11.8 Å². The van der Waals surface area contributed by atoms with E-state index in [0.29, 0.717) is 19.5 Å². The summed E-state index contributed by atoms with van der Waals surface area (Å²) in [6.45, 7) is 5.58. The number of carboxylic acid groups (broad SMARTS) is 1. The summed E-state index contributed by atoms with van der Waals surface area (Å²) in [6, 6.07) is -0.898. The Balaban J connectivity index is 2.54. The van der Waals surface area contributed by atoms with Gasteiger partial charge in [-0.3, -0.25) is 9.59 Å². The average molecular weight is 327 g/mol. The van der Waals surface area contributed by atoms with Crippen LogP contribution in [0.25, 0.3) is 0 Å². The molecular weight excluding hydrogens is 298 g/mol. The molecule has 2 amide bonds. The Morgan fingerprint density at radius 2 is 2.09 bits per heavy atom. The number of hydrogen-bond donors (Lipinski definition) is 2. The van der Waals surface area contributed by atoms with Gasteiger partial charge in [-0.2, -0.15) is 0 Å². The summed E-state index contributed by atoms with van der Waals surface area (Å²) in [7, 11) is 3.95. The molecule has 0 aromatic rings. The third-order valence-electron chi connectivity index (χ3n) is 4.40. The number of likely N-dealkylation sites (tertiary alicyclic amines) is 1. The molecule has 1 aliphatic rings. The van der Waals surface area contributed by atoms with Gasteiger partial charge >= 0.3 is 5.97 Å². The Morgan fingerprint density at radius 3 is 2.61 bits per heavy atom. The minimum absolute atomic E-state index is 0.0284. The van der Waals surface area contributed by atoms with E-state index in [4.69, 9.17) is 0 Å². The summed E-state index contributed by atoms with van der Waals surface area (Å²) >= 11 is 0. The van der Waals surface area contributed by atoms with Gasteiger partial charge in [-0.25, -0.2) is 4.79 Å². The highest BCUT2D eigenvalue weighted by atomic mass is 16.4. The fourth-order valence-corrected chi connectivity index (χ4v) is 2.70. The van der Waals surface area contributed by atoms with Gasteiger partial charge in [0.05, 0.1) is 5.92 Å². The van der Waals surface area contributed by atoms with Crippen LogP contribution in [0.4, 0.5) is 0 Å². The fourth-order valence-electron chi connectivity index (χ4n) is 2.70. The molecule has 3 unspecified atom stereocenters. The van der Waals surface area contributed by atoms with E-state index in [2.05, 4.69) is 5.32 Å². The summed E-state index contributed by atoms with van der Waals surface area (Å²) in [5.74, 6) is -1.99. The molecule has 1 aliphatic heterocycles. The Bertz CT molecular complexity index is 439. The van der Waals surface area contributed by atoms with Crippen molar-refractivity contribution in [3.8, 4) is 0 Å². The lowest BCUT2D eigenvalue weighted by molar-refractivity contribution is -0.143. The van der Waals surface area contributed by atoms with E-state index in [9.17, 15) is 19.5 Å². The van der Waals surface area contributed by atoms with Crippen LogP contribution in [0.15, 0.2) is 0 Å². The Labute approximate surface area is 138 Å². The second kappa shape index (κ2) is 8.86. The molecular formula is C16H29N3O4. The van der Waals surface area contributed by atoms with Crippen molar-refractivity contribution in [1.82, 2.24) is 15.1 Å². The molecule has 132 valence electrons. The van der Waals surface area contributed by atoms with Gasteiger partial charge in [0.2, 0.25) is 11.8 Å². The lowest BCUT2D eigenvalue weighted by Crippen LogP contribution is -2.47. The molecule has 7 heteroatoms. The molecule has 1 heterocycles. The summed E-state index contributed by atoms with van der Waals surface area (Å²) in [5.41, 5.74) is 0.